The number of rotatable bonds is 4. The van der Waals surface area contributed by atoms with Crippen LogP contribution in [0, 0.1) is 17.0 Å². The van der Waals surface area contributed by atoms with E-state index in [0.717, 1.165) is 5.69 Å². The number of hydrogen-bond acceptors (Lipinski definition) is 6. The first kappa shape index (κ1) is 11.9. The van der Waals surface area contributed by atoms with Crippen LogP contribution < -0.4 is 5.32 Å². The molecule has 2 rings (SSSR count). The third-order valence-electron chi connectivity index (χ3n) is 2.25. The number of aromatic nitrogens is 3. The summed E-state index contributed by atoms with van der Waals surface area (Å²) in [5.41, 5.74) is 1.46. The molecule has 0 aliphatic heterocycles. The zero-order valence-electron chi connectivity index (χ0n) is 9.70. The van der Waals surface area contributed by atoms with E-state index >= 15 is 0 Å². The topological polar surface area (TPSA) is 93.8 Å². The van der Waals surface area contributed by atoms with Crippen molar-refractivity contribution < 1.29 is 4.92 Å². The molecule has 0 radical (unpaired) electrons. The van der Waals surface area contributed by atoms with Gasteiger partial charge in [-0.1, -0.05) is 0 Å². The SMILES string of the molecule is Cc1cnc(CNc2ncccc2[N+](=O)[O-])cn1. The molecule has 0 atom stereocenters. The first-order valence-corrected chi connectivity index (χ1v) is 5.27. The summed E-state index contributed by atoms with van der Waals surface area (Å²) in [7, 11) is 0. The Morgan fingerprint density at radius 3 is 2.83 bits per heavy atom. The summed E-state index contributed by atoms with van der Waals surface area (Å²) in [5, 5.41) is 13.7. The van der Waals surface area contributed by atoms with Gasteiger partial charge in [0.05, 0.1) is 29.1 Å². The van der Waals surface area contributed by atoms with Crippen LogP contribution in [0.1, 0.15) is 11.4 Å². The Morgan fingerprint density at radius 2 is 2.17 bits per heavy atom. The Labute approximate surface area is 103 Å². The maximum Gasteiger partial charge on any atom is 0.311 e. The second-order valence-electron chi connectivity index (χ2n) is 3.63. The van der Waals surface area contributed by atoms with Crippen molar-refractivity contribution >= 4 is 11.5 Å². The fourth-order valence-corrected chi connectivity index (χ4v) is 1.37. The minimum Gasteiger partial charge on any atom is -0.359 e. The third kappa shape index (κ3) is 2.76. The van der Waals surface area contributed by atoms with Crippen molar-refractivity contribution in [2.24, 2.45) is 0 Å². The Bertz CT molecular complexity index is 556. The average molecular weight is 245 g/mol. The second-order valence-corrected chi connectivity index (χ2v) is 3.63. The highest BCUT2D eigenvalue weighted by Crippen LogP contribution is 2.20. The third-order valence-corrected chi connectivity index (χ3v) is 2.25. The number of aryl methyl sites for hydroxylation is 1. The lowest BCUT2D eigenvalue weighted by molar-refractivity contribution is -0.384. The van der Waals surface area contributed by atoms with Crippen LogP contribution in [0.4, 0.5) is 11.5 Å². The monoisotopic (exact) mass is 245 g/mol. The highest BCUT2D eigenvalue weighted by atomic mass is 16.6. The van der Waals surface area contributed by atoms with Crippen LogP contribution in [-0.4, -0.2) is 19.9 Å². The Morgan fingerprint density at radius 1 is 1.33 bits per heavy atom. The molecular formula is C11H11N5O2. The number of anilines is 1. The van der Waals surface area contributed by atoms with Crippen molar-refractivity contribution in [3.8, 4) is 0 Å². The Balaban J connectivity index is 2.10. The van der Waals surface area contributed by atoms with Gasteiger partial charge in [-0.25, -0.2) is 4.98 Å². The Hall–Kier alpha value is -2.57. The summed E-state index contributed by atoms with van der Waals surface area (Å²) >= 11 is 0. The average Bonchev–Trinajstić information content (AvgIpc) is 2.38. The van der Waals surface area contributed by atoms with Crippen molar-refractivity contribution in [3.05, 3.63) is 52.2 Å². The molecule has 18 heavy (non-hydrogen) atoms. The van der Waals surface area contributed by atoms with E-state index in [1.54, 1.807) is 12.4 Å². The summed E-state index contributed by atoms with van der Waals surface area (Å²) in [4.78, 5) is 22.5. The predicted octanol–water partition coefficient (Wildman–Crippen LogP) is 1.70. The van der Waals surface area contributed by atoms with E-state index in [9.17, 15) is 10.1 Å². The standard InChI is InChI=1S/C11H11N5O2/c1-8-5-14-9(6-13-8)7-15-11-10(16(17)18)3-2-4-12-11/h2-6H,7H2,1H3,(H,12,15). The summed E-state index contributed by atoms with van der Waals surface area (Å²) in [6.45, 7) is 2.18. The summed E-state index contributed by atoms with van der Waals surface area (Å²) < 4.78 is 0. The molecule has 0 fully saturated rings. The molecule has 2 aromatic rings. The molecular weight excluding hydrogens is 234 g/mol. The minimum atomic E-state index is -0.476. The molecule has 92 valence electrons. The molecule has 0 aliphatic carbocycles. The lowest BCUT2D eigenvalue weighted by atomic mass is 10.3. The van der Waals surface area contributed by atoms with E-state index in [2.05, 4.69) is 20.3 Å². The van der Waals surface area contributed by atoms with E-state index in [0.29, 0.717) is 12.2 Å². The molecule has 0 aromatic carbocycles. The molecule has 0 amide bonds. The van der Waals surface area contributed by atoms with Crippen LogP contribution in [0.2, 0.25) is 0 Å². The van der Waals surface area contributed by atoms with Gasteiger partial charge >= 0.3 is 5.69 Å². The molecule has 0 saturated heterocycles. The normalized spacial score (nSPS) is 10.1. The van der Waals surface area contributed by atoms with Gasteiger partial charge in [-0.05, 0) is 13.0 Å². The van der Waals surface area contributed by atoms with Gasteiger partial charge in [0.25, 0.3) is 0 Å². The number of nitro groups is 1. The van der Waals surface area contributed by atoms with Gasteiger partial charge in [-0.3, -0.25) is 20.1 Å². The van der Waals surface area contributed by atoms with Crippen LogP contribution in [0.25, 0.3) is 0 Å². The molecule has 7 nitrogen and oxygen atoms in total. The van der Waals surface area contributed by atoms with Crippen molar-refractivity contribution in [2.45, 2.75) is 13.5 Å². The molecule has 0 bridgehead atoms. The molecule has 0 aliphatic rings. The molecule has 2 aromatic heterocycles. The van der Waals surface area contributed by atoms with E-state index in [4.69, 9.17) is 0 Å². The van der Waals surface area contributed by atoms with Crippen molar-refractivity contribution in [3.63, 3.8) is 0 Å². The lowest BCUT2D eigenvalue weighted by Crippen LogP contribution is -2.06. The first-order chi connectivity index (χ1) is 8.66. The van der Waals surface area contributed by atoms with Crippen molar-refractivity contribution in [1.29, 1.82) is 0 Å². The van der Waals surface area contributed by atoms with Gasteiger partial charge in [-0.2, -0.15) is 0 Å². The summed E-state index contributed by atoms with van der Waals surface area (Å²) in [5.74, 6) is 0.227. The van der Waals surface area contributed by atoms with Gasteiger partial charge < -0.3 is 5.32 Å². The minimum absolute atomic E-state index is 0.0578. The molecule has 0 saturated carbocycles. The highest BCUT2D eigenvalue weighted by Gasteiger charge is 2.13. The zero-order chi connectivity index (χ0) is 13.0. The van der Waals surface area contributed by atoms with Crippen LogP contribution in [0.5, 0.6) is 0 Å². The number of nitrogens with one attached hydrogen (secondary N) is 1. The van der Waals surface area contributed by atoms with E-state index < -0.39 is 4.92 Å². The van der Waals surface area contributed by atoms with Gasteiger partial charge in [0, 0.05) is 18.5 Å². The highest BCUT2D eigenvalue weighted by molar-refractivity contribution is 5.55. The lowest BCUT2D eigenvalue weighted by Gasteiger charge is -2.05. The predicted molar refractivity (Wildman–Crippen MR) is 65.0 cm³/mol. The van der Waals surface area contributed by atoms with E-state index in [1.165, 1.54) is 18.3 Å². The fraction of sp³-hybridized carbons (Fsp3) is 0.182. The van der Waals surface area contributed by atoms with Crippen molar-refractivity contribution in [2.75, 3.05) is 5.32 Å². The molecule has 1 N–H and O–H groups in total. The first-order valence-electron chi connectivity index (χ1n) is 5.27. The molecule has 2 heterocycles. The maximum atomic E-state index is 10.8. The Kier molecular flexibility index (Phi) is 3.42. The van der Waals surface area contributed by atoms with Crippen LogP contribution in [0.3, 0.4) is 0 Å². The van der Waals surface area contributed by atoms with Gasteiger partial charge in [0.2, 0.25) is 5.82 Å². The van der Waals surface area contributed by atoms with Crippen LogP contribution in [0.15, 0.2) is 30.7 Å². The summed E-state index contributed by atoms with van der Waals surface area (Å²) in [6, 6.07) is 2.92. The van der Waals surface area contributed by atoms with E-state index in [-0.39, 0.29) is 11.5 Å². The van der Waals surface area contributed by atoms with Gasteiger partial charge in [0.1, 0.15) is 0 Å². The van der Waals surface area contributed by atoms with Crippen LogP contribution in [-0.2, 0) is 6.54 Å². The summed E-state index contributed by atoms with van der Waals surface area (Å²) in [6.07, 6.45) is 4.76. The zero-order valence-corrected chi connectivity index (χ0v) is 9.70. The van der Waals surface area contributed by atoms with E-state index in [1.807, 2.05) is 6.92 Å². The van der Waals surface area contributed by atoms with Gasteiger partial charge in [0.15, 0.2) is 0 Å². The van der Waals surface area contributed by atoms with Crippen molar-refractivity contribution in [1.82, 2.24) is 15.0 Å². The quantitative estimate of drug-likeness (QED) is 0.650. The second kappa shape index (κ2) is 5.17. The molecule has 0 unspecified atom stereocenters. The molecule has 0 spiro atoms. The number of nitrogens with zero attached hydrogens (tertiary/aromatic N) is 4. The number of hydrogen-bond donors (Lipinski definition) is 1. The number of pyridine rings is 1. The smallest absolute Gasteiger partial charge is 0.311 e. The maximum absolute atomic E-state index is 10.8. The van der Waals surface area contributed by atoms with Crippen LogP contribution >= 0.6 is 0 Å². The molecule has 7 heteroatoms. The largest absolute Gasteiger partial charge is 0.359 e. The van der Waals surface area contributed by atoms with Gasteiger partial charge in [-0.15, -0.1) is 0 Å². The fourth-order valence-electron chi connectivity index (χ4n) is 1.37.